The number of ether oxygens (including phenoxy) is 1. The lowest BCUT2D eigenvalue weighted by Crippen LogP contribution is -2.40. The van der Waals surface area contributed by atoms with Gasteiger partial charge in [-0.2, -0.15) is 0 Å². The molecule has 2 N–H and O–H groups in total. The Bertz CT molecular complexity index is 599. The summed E-state index contributed by atoms with van der Waals surface area (Å²) in [4.78, 5) is 24.8. The number of rotatable bonds is 6. The quantitative estimate of drug-likeness (QED) is 0.612. The Labute approximate surface area is 135 Å². The maximum atomic E-state index is 12.2. The van der Waals surface area contributed by atoms with Crippen molar-refractivity contribution in [3.05, 3.63) is 47.0 Å². The van der Waals surface area contributed by atoms with Gasteiger partial charge in [-0.25, -0.2) is 4.79 Å². The van der Waals surface area contributed by atoms with E-state index in [-0.39, 0.29) is 26.2 Å². The Morgan fingerprint density at radius 1 is 1.35 bits per heavy atom. The van der Waals surface area contributed by atoms with Gasteiger partial charge in [-0.1, -0.05) is 24.8 Å². The van der Waals surface area contributed by atoms with E-state index in [0.29, 0.717) is 24.1 Å². The Morgan fingerprint density at radius 2 is 2.04 bits per heavy atom. The van der Waals surface area contributed by atoms with Crippen LogP contribution in [0, 0.1) is 0 Å². The first kappa shape index (κ1) is 17.2. The minimum absolute atomic E-state index is 0.112. The molecule has 6 nitrogen and oxygen atoms in total. The summed E-state index contributed by atoms with van der Waals surface area (Å²) in [5.74, 6) is 0. The van der Waals surface area contributed by atoms with E-state index in [1.54, 1.807) is 6.07 Å². The first-order valence-corrected chi connectivity index (χ1v) is 7.50. The molecule has 0 radical (unpaired) electrons. The SMILES string of the molecule is C=CCOC(=O)N1CCc2cc(CO)c(CO)cc2[C@@H]1CC=O. The zero-order chi connectivity index (χ0) is 16.8. The number of nitrogens with zero attached hydrogens (tertiary/aromatic N) is 1. The third-order valence-corrected chi connectivity index (χ3v) is 4.04. The van der Waals surface area contributed by atoms with Gasteiger partial charge in [0.25, 0.3) is 0 Å². The number of amides is 1. The molecule has 1 amide bonds. The molecule has 1 atom stereocenters. The lowest BCUT2D eigenvalue weighted by atomic mass is 9.87. The number of aldehydes is 1. The highest BCUT2D eigenvalue weighted by molar-refractivity contribution is 5.70. The number of aliphatic hydroxyl groups excluding tert-OH is 2. The van der Waals surface area contributed by atoms with Crippen molar-refractivity contribution >= 4 is 12.4 Å². The van der Waals surface area contributed by atoms with Crippen LogP contribution in [0.4, 0.5) is 4.79 Å². The highest BCUT2D eigenvalue weighted by Gasteiger charge is 2.32. The number of aliphatic hydroxyl groups is 2. The van der Waals surface area contributed by atoms with Crippen molar-refractivity contribution in [2.45, 2.75) is 32.1 Å². The van der Waals surface area contributed by atoms with Crippen LogP contribution in [0.5, 0.6) is 0 Å². The molecule has 0 saturated carbocycles. The van der Waals surface area contributed by atoms with Crippen LogP contribution < -0.4 is 0 Å². The van der Waals surface area contributed by atoms with Crippen LogP contribution in [-0.4, -0.2) is 40.6 Å². The normalized spacial score (nSPS) is 16.6. The van der Waals surface area contributed by atoms with Crippen LogP contribution >= 0.6 is 0 Å². The second-order valence-corrected chi connectivity index (χ2v) is 5.36. The molecule has 0 bridgehead atoms. The summed E-state index contributed by atoms with van der Waals surface area (Å²) >= 11 is 0. The highest BCUT2D eigenvalue weighted by atomic mass is 16.6. The number of benzene rings is 1. The molecular weight excluding hydrogens is 298 g/mol. The largest absolute Gasteiger partial charge is 0.445 e. The van der Waals surface area contributed by atoms with Gasteiger partial charge in [0, 0.05) is 13.0 Å². The summed E-state index contributed by atoms with van der Waals surface area (Å²) in [6, 6.07) is 3.18. The zero-order valence-corrected chi connectivity index (χ0v) is 12.9. The van der Waals surface area contributed by atoms with E-state index in [1.165, 1.54) is 11.0 Å². The zero-order valence-electron chi connectivity index (χ0n) is 12.9. The van der Waals surface area contributed by atoms with Gasteiger partial charge in [-0.05, 0) is 28.7 Å². The maximum absolute atomic E-state index is 12.2. The lowest BCUT2D eigenvalue weighted by Gasteiger charge is -2.36. The first-order chi connectivity index (χ1) is 11.2. The molecule has 1 aromatic carbocycles. The van der Waals surface area contributed by atoms with Gasteiger partial charge in [-0.15, -0.1) is 0 Å². The van der Waals surface area contributed by atoms with Crippen molar-refractivity contribution in [2.75, 3.05) is 13.2 Å². The number of carbonyl (C=O) groups is 2. The average molecular weight is 319 g/mol. The monoisotopic (exact) mass is 319 g/mol. The molecule has 1 aliphatic rings. The minimum Gasteiger partial charge on any atom is -0.445 e. The average Bonchev–Trinajstić information content (AvgIpc) is 2.58. The fourth-order valence-electron chi connectivity index (χ4n) is 2.92. The van der Waals surface area contributed by atoms with E-state index < -0.39 is 12.1 Å². The Morgan fingerprint density at radius 3 is 2.65 bits per heavy atom. The van der Waals surface area contributed by atoms with Crippen LogP contribution in [0.15, 0.2) is 24.8 Å². The molecule has 23 heavy (non-hydrogen) atoms. The van der Waals surface area contributed by atoms with Gasteiger partial charge in [0.15, 0.2) is 0 Å². The minimum atomic E-state index is -0.487. The van der Waals surface area contributed by atoms with Crippen molar-refractivity contribution in [1.29, 1.82) is 0 Å². The van der Waals surface area contributed by atoms with Crippen LogP contribution in [0.1, 0.15) is 34.7 Å². The van der Waals surface area contributed by atoms with Gasteiger partial charge >= 0.3 is 6.09 Å². The summed E-state index contributed by atoms with van der Waals surface area (Å²) in [6.07, 6.45) is 2.53. The molecule has 0 fully saturated rings. The fourth-order valence-corrected chi connectivity index (χ4v) is 2.92. The Balaban J connectivity index is 2.38. The van der Waals surface area contributed by atoms with Gasteiger partial charge in [0.05, 0.1) is 19.3 Å². The molecule has 1 aromatic rings. The lowest BCUT2D eigenvalue weighted by molar-refractivity contribution is -0.108. The third kappa shape index (κ3) is 3.60. The predicted molar refractivity (Wildman–Crippen MR) is 83.7 cm³/mol. The molecule has 0 saturated heterocycles. The first-order valence-electron chi connectivity index (χ1n) is 7.50. The molecule has 0 aromatic heterocycles. The molecule has 2 rings (SSSR count). The molecule has 6 heteroatoms. The van der Waals surface area contributed by atoms with Gasteiger partial charge < -0.3 is 24.6 Å². The summed E-state index contributed by atoms with van der Waals surface area (Å²) in [5, 5.41) is 18.9. The number of hydrogen-bond acceptors (Lipinski definition) is 5. The van der Waals surface area contributed by atoms with Crippen molar-refractivity contribution in [2.24, 2.45) is 0 Å². The standard InChI is InChI=1S/C17H21NO5/c1-2-7-23-17(22)18-5-3-12-8-13(10-20)14(11-21)9-15(12)16(18)4-6-19/h2,6,8-9,16,20-21H,1,3-5,7,10-11H2/t16-/m0/s1. The smallest absolute Gasteiger partial charge is 0.410 e. The van der Waals surface area contributed by atoms with E-state index in [9.17, 15) is 19.8 Å². The molecule has 1 aliphatic heterocycles. The molecule has 0 aliphatic carbocycles. The van der Waals surface area contributed by atoms with Crippen LogP contribution in [0.25, 0.3) is 0 Å². The van der Waals surface area contributed by atoms with E-state index in [0.717, 1.165) is 17.4 Å². The molecule has 1 heterocycles. The topological polar surface area (TPSA) is 87.1 Å². The molecule has 0 unspecified atom stereocenters. The number of fused-ring (bicyclic) bond motifs is 1. The van der Waals surface area contributed by atoms with Crippen LogP contribution in [-0.2, 0) is 29.2 Å². The Kier molecular flexibility index (Phi) is 5.90. The fraction of sp³-hybridized carbons (Fsp3) is 0.412. The van der Waals surface area contributed by atoms with Crippen LogP contribution in [0.2, 0.25) is 0 Å². The summed E-state index contributed by atoms with van der Waals surface area (Å²) in [6.45, 7) is 3.68. The predicted octanol–water partition coefficient (Wildman–Crippen LogP) is 1.48. The van der Waals surface area contributed by atoms with E-state index in [2.05, 4.69) is 6.58 Å². The van der Waals surface area contributed by atoms with Crippen LogP contribution in [0.3, 0.4) is 0 Å². The molecule has 0 spiro atoms. The summed E-state index contributed by atoms with van der Waals surface area (Å²) in [5.41, 5.74) is 3.06. The summed E-state index contributed by atoms with van der Waals surface area (Å²) < 4.78 is 5.09. The second-order valence-electron chi connectivity index (χ2n) is 5.36. The molecule has 124 valence electrons. The maximum Gasteiger partial charge on any atom is 0.410 e. The van der Waals surface area contributed by atoms with E-state index in [1.807, 2.05) is 6.07 Å². The number of hydrogen-bond donors (Lipinski definition) is 2. The van der Waals surface area contributed by atoms with Crippen molar-refractivity contribution in [3.8, 4) is 0 Å². The summed E-state index contributed by atoms with van der Waals surface area (Å²) in [7, 11) is 0. The van der Waals surface area contributed by atoms with Crippen molar-refractivity contribution in [3.63, 3.8) is 0 Å². The Hall–Kier alpha value is -2.18. The highest BCUT2D eigenvalue weighted by Crippen LogP contribution is 2.34. The van der Waals surface area contributed by atoms with E-state index >= 15 is 0 Å². The second kappa shape index (κ2) is 7.89. The molecular formula is C17H21NO5. The third-order valence-electron chi connectivity index (χ3n) is 4.04. The number of carbonyl (C=O) groups excluding carboxylic acids is 2. The van der Waals surface area contributed by atoms with Gasteiger partial charge in [-0.3, -0.25) is 0 Å². The van der Waals surface area contributed by atoms with Crippen molar-refractivity contribution in [1.82, 2.24) is 4.90 Å². The van der Waals surface area contributed by atoms with Gasteiger partial charge in [0.2, 0.25) is 0 Å². The van der Waals surface area contributed by atoms with Gasteiger partial charge in [0.1, 0.15) is 12.9 Å². The van der Waals surface area contributed by atoms with Crippen molar-refractivity contribution < 1.29 is 24.5 Å². The van der Waals surface area contributed by atoms with E-state index in [4.69, 9.17) is 4.74 Å².